The van der Waals surface area contributed by atoms with Gasteiger partial charge in [-0.2, -0.15) is 8.78 Å². The van der Waals surface area contributed by atoms with E-state index in [0.717, 1.165) is 5.56 Å². The molecule has 0 radical (unpaired) electrons. The number of carbonyl (C=O) groups excluding carboxylic acids is 2. The van der Waals surface area contributed by atoms with Crippen molar-refractivity contribution in [3.63, 3.8) is 0 Å². The molecule has 2 rings (SSSR count). The molecular formula is C19H18F2O5S. The molecule has 0 amide bonds. The monoisotopic (exact) mass is 396 g/mol. The molecule has 0 fully saturated rings. The smallest absolute Gasteiger partial charge is 0.338 e. The summed E-state index contributed by atoms with van der Waals surface area (Å²) in [5, 5.41) is 6.34. The van der Waals surface area contributed by atoms with Gasteiger partial charge in [-0.1, -0.05) is 0 Å². The van der Waals surface area contributed by atoms with Crippen molar-refractivity contribution in [3.8, 4) is 5.75 Å². The number of halogens is 2. The molecule has 0 aliphatic heterocycles. The van der Waals surface area contributed by atoms with Gasteiger partial charge in [-0.25, -0.2) is 9.59 Å². The zero-order valence-electron chi connectivity index (χ0n) is 14.7. The second kappa shape index (κ2) is 8.39. The fraction of sp³-hybridized carbons (Fsp3) is 0.263. The standard InChI is InChI=1S/C19H18F2O5S/c1-11-7-13(8-12(2)16(11)22)9-25-17(23)14-3-5-15(6-4-14)18(24)26-10-19(20,21)27/h3-8,22,27H,9-10H2,1-2H3. The molecule has 2 aromatic rings. The summed E-state index contributed by atoms with van der Waals surface area (Å²) in [4.78, 5) is 23.7. The number of esters is 2. The lowest BCUT2D eigenvalue weighted by atomic mass is 10.1. The van der Waals surface area contributed by atoms with Crippen LogP contribution in [0.2, 0.25) is 0 Å². The van der Waals surface area contributed by atoms with E-state index in [0.29, 0.717) is 11.1 Å². The molecule has 0 spiro atoms. The fourth-order valence-corrected chi connectivity index (χ4v) is 2.40. The molecule has 0 aliphatic carbocycles. The average Bonchev–Trinajstić information content (AvgIpc) is 2.61. The molecule has 1 N–H and O–H groups in total. The van der Waals surface area contributed by atoms with Crippen molar-refractivity contribution in [3.05, 3.63) is 64.2 Å². The first-order chi connectivity index (χ1) is 12.6. The van der Waals surface area contributed by atoms with Gasteiger partial charge >= 0.3 is 17.2 Å². The maximum Gasteiger partial charge on any atom is 0.338 e. The van der Waals surface area contributed by atoms with Gasteiger partial charge in [0.25, 0.3) is 0 Å². The van der Waals surface area contributed by atoms with Crippen molar-refractivity contribution in [1.82, 2.24) is 0 Å². The van der Waals surface area contributed by atoms with Gasteiger partial charge < -0.3 is 14.6 Å². The van der Waals surface area contributed by atoms with Crippen LogP contribution in [0.4, 0.5) is 8.78 Å². The highest BCUT2D eigenvalue weighted by Crippen LogP contribution is 2.23. The molecule has 0 heterocycles. The van der Waals surface area contributed by atoms with Crippen LogP contribution in [0.1, 0.15) is 37.4 Å². The molecule has 2 aromatic carbocycles. The summed E-state index contributed by atoms with van der Waals surface area (Å²) in [6, 6.07) is 8.67. The van der Waals surface area contributed by atoms with Crippen LogP contribution in [0.5, 0.6) is 5.75 Å². The Hall–Kier alpha value is -2.61. The molecule has 8 heteroatoms. The molecular weight excluding hydrogens is 378 g/mol. The van der Waals surface area contributed by atoms with Crippen LogP contribution in [0.15, 0.2) is 36.4 Å². The van der Waals surface area contributed by atoms with Crippen LogP contribution in [0.3, 0.4) is 0 Å². The molecule has 0 unspecified atom stereocenters. The Bertz CT molecular complexity index is 821. The predicted octanol–water partition coefficient (Wildman–Crippen LogP) is 4.05. The SMILES string of the molecule is Cc1cc(COC(=O)c2ccc(C(=O)OCC(F)(F)S)cc2)cc(C)c1O. The first kappa shape index (κ1) is 20.7. The Labute approximate surface area is 160 Å². The number of aromatic hydroxyl groups is 1. The van der Waals surface area contributed by atoms with E-state index in [9.17, 15) is 23.5 Å². The topological polar surface area (TPSA) is 72.8 Å². The molecule has 0 aromatic heterocycles. The average molecular weight is 396 g/mol. The highest BCUT2D eigenvalue weighted by molar-refractivity contribution is 7.81. The van der Waals surface area contributed by atoms with Gasteiger partial charge in [0, 0.05) is 0 Å². The minimum Gasteiger partial charge on any atom is -0.507 e. The highest BCUT2D eigenvalue weighted by Gasteiger charge is 2.25. The van der Waals surface area contributed by atoms with E-state index in [-0.39, 0.29) is 23.5 Å². The first-order valence-corrected chi connectivity index (χ1v) is 8.35. The minimum absolute atomic E-state index is 0.0155. The van der Waals surface area contributed by atoms with Gasteiger partial charge in [-0.3, -0.25) is 0 Å². The number of hydrogen-bond donors (Lipinski definition) is 2. The van der Waals surface area contributed by atoms with Gasteiger partial charge in [0.15, 0.2) is 6.61 Å². The van der Waals surface area contributed by atoms with Gasteiger partial charge in [0.05, 0.1) is 11.1 Å². The Morgan fingerprint density at radius 1 is 1.00 bits per heavy atom. The number of carbonyl (C=O) groups is 2. The third kappa shape index (κ3) is 5.96. The lowest BCUT2D eigenvalue weighted by Crippen LogP contribution is -2.19. The van der Waals surface area contributed by atoms with Crippen LogP contribution >= 0.6 is 12.6 Å². The number of phenols is 1. The summed E-state index contributed by atoms with van der Waals surface area (Å²) in [5.74, 6) is -1.36. The van der Waals surface area contributed by atoms with Crippen LogP contribution in [-0.4, -0.2) is 28.9 Å². The summed E-state index contributed by atoms with van der Waals surface area (Å²) >= 11 is 2.97. The third-order valence-corrected chi connectivity index (χ3v) is 3.78. The summed E-state index contributed by atoms with van der Waals surface area (Å²) in [6.45, 7) is 2.36. The lowest BCUT2D eigenvalue weighted by Gasteiger charge is -2.10. The molecule has 5 nitrogen and oxygen atoms in total. The Morgan fingerprint density at radius 3 is 1.89 bits per heavy atom. The number of phenolic OH excluding ortho intramolecular Hbond substituents is 1. The summed E-state index contributed by atoms with van der Waals surface area (Å²) in [6.07, 6.45) is 0. The number of benzene rings is 2. The van der Waals surface area contributed by atoms with Crippen molar-refractivity contribution in [2.75, 3.05) is 6.61 Å². The van der Waals surface area contributed by atoms with E-state index in [4.69, 9.17) is 4.74 Å². The molecule has 144 valence electrons. The number of hydrogen-bond acceptors (Lipinski definition) is 6. The zero-order valence-corrected chi connectivity index (χ0v) is 15.6. The normalized spacial score (nSPS) is 11.1. The molecule has 0 saturated heterocycles. The van der Waals surface area contributed by atoms with E-state index in [2.05, 4.69) is 17.4 Å². The van der Waals surface area contributed by atoms with E-state index in [1.54, 1.807) is 26.0 Å². The maximum absolute atomic E-state index is 12.6. The van der Waals surface area contributed by atoms with Crippen LogP contribution in [-0.2, 0) is 16.1 Å². The van der Waals surface area contributed by atoms with Crippen LogP contribution < -0.4 is 0 Å². The van der Waals surface area contributed by atoms with Gasteiger partial charge in [-0.05, 0) is 66.9 Å². The van der Waals surface area contributed by atoms with Gasteiger partial charge in [-0.15, -0.1) is 12.6 Å². The molecule has 0 saturated carbocycles. The first-order valence-electron chi connectivity index (χ1n) is 7.90. The largest absolute Gasteiger partial charge is 0.507 e. The van der Waals surface area contributed by atoms with Gasteiger partial charge in [0.2, 0.25) is 0 Å². The van der Waals surface area contributed by atoms with Crippen LogP contribution in [0.25, 0.3) is 0 Å². The summed E-state index contributed by atoms with van der Waals surface area (Å²) in [7, 11) is 0. The van der Waals surface area contributed by atoms with Gasteiger partial charge in [0.1, 0.15) is 12.4 Å². The highest BCUT2D eigenvalue weighted by atomic mass is 32.1. The van der Waals surface area contributed by atoms with Crippen LogP contribution in [0, 0.1) is 13.8 Å². The number of alkyl halides is 2. The second-order valence-corrected chi connectivity index (χ2v) is 6.63. The molecule has 0 bridgehead atoms. The quantitative estimate of drug-likeness (QED) is 0.569. The van der Waals surface area contributed by atoms with E-state index >= 15 is 0 Å². The number of rotatable bonds is 6. The number of aryl methyl sites for hydroxylation is 2. The number of ether oxygens (including phenoxy) is 2. The van der Waals surface area contributed by atoms with Crippen molar-refractivity contribution >= 4 is 24.6 Å². The zero-order chi connectivity index (χ0) is 20.2. The molecule has 0 aliphatic rings. The van der Waals surface area contributed by atoms with Crippen molar-refractivity contribution in [2.45, 2.75) is 25.7 Å². The third-order valence-electron chi connectivity index (χ3n) is 3.65. The second-order valence-electron chi connectivity index (χ2n) is 5.97. The predicted molar refractivity (Wildman–Crippen MR) is 97.4 cm³/mol. The maximum atomic E-state index is 12.6. The van der Waals surface area contributed by atoms with E-state index < -0.39 is 23.8 Å². The Morgan fingerprint density at radius 2 is 1.44 bits per heavy atom. The molecule has 0 atom stereocenters. The summed E-state index contributed by atoms with van der Waals surface area (Å²) in [5.41, 5.74) is 2.29. The molecule has 27 heavy (non-hydrogen) atoms. The van der Waals surface area contributed by atoms with E-state index in [1.165, 1.54) is 24.3 Å². The minimum atomic E-state index is -3.41. The van der Waals surface area contributed by atoms with Crippen molar-refractivity contribution in [2.24, 2.45) is 0 Å². The van der Waals surface area contributed by atoms with E-state index in [1.807, 2.05) is 0 Å². The van der Waals surface area contributed by atoms with Crippen molar-refractivity contribution < 1.29 is 33.0 Å². The fourth-order valence-electron chi connectivity index (χ4n) is 2.34. The lowest BCUT2D eigenvalue weighted by molar-refractivity contribution is 0.00104. The van der Waals surface area contributed by atoms with Crippen molar-refractivity contribution in [1.29, 1.82) is 0 Å². The summed E-state index contributed by atoms with van der Waals surface area (Å²) < 4.78 is 34.8. The Kier molecular flexibility index (Phi) is 6.43. The number of thiol groups is 1. The Balaban J connectivity index is 1.96.